The van der Waals surface area contributed by atoms with E-state index in [0.717, 1.165) is 16.5 Å². The summed E-state index contributed by atoms with van der Waals surface area (Å²) in [6, 6.07) is 3.74. The van der Waals surface area contributed by atoms with Crippen molar-refractivity contribution in [2.45, 2.75) is 39.4 Å². The largest absolute Gasteiger partial charge is 0.490 e. The van der Waals surface area contributed by atoms with Crippen molar-refractivity contribution in [1.82, 2.24) is 0 Å². The number of halogens is 1. The van der Waals surface area contributed by atoms with Crippen LogP contribution in [0.2, 0.25) is 0 Å². The molecule has 1 saturated heterocycles. The summed E-state index contributed by atoms with van der Waals surface area (Å²) in [5.74, 6) is 1.47. The van der Waals surface area contributed by atoms with Crippen LogP contribution in [0.4, 0.5) is 0 Å². The molecule has 0 radical (unpaired) electrons. The van der Waals surface area contributed by atoms with E-state index < -0.39 is 6.10 Å². The third-order valence-corrected chi connectivity index (χ3v) is 4.51. The molecule has 5 heteroatoms. The van der Waals surface area contributed by atoms with Crippen LogP contribution in [-0.2, 0) is 4.74 Å². The van der Waals surface area contributed by atoms with Crippen molar-refractivity contribution in [2.24, 2.45) is 5.92 Å². The van der Waals surface area contributed by atoms with E-state index in [1.165, 1.54) is 0 Å². The van der Waals surface area contributed by atoms with E-state index in [2.05, 4.69) is 15.9 Å². The van der Waals surface area contributed by atoms with Gasteiger partial charge in [0.15, 0.2) is 11.5 Å². The van der Waals surface area contributed by atoms with Gasteiger partial charge in [-0.05, 0) is 44.9 Å². The fourth-order valence-electron chi connectivity index (χ4n) is 2.71. The van der Waals surface area contributed by atoms with Gasteiger partial charge in [-0.1, -0.05) is 15.9 Å². The van der Waals surface area contributed by atoms with E-state index in [-0.39, 0.29) is 12.0 Å². The molecule has 3 unspecified atom stereocenters. The monoisotopic (exact) mass is 358 g/mol. The van der Waals surface area contributed by atoms with Gasteiger partial charge in [-0.25, -0.2) is 0 Å². The maximum Gasteiger partial charge on any atom is 0.162 e. The van der Waals surface area contributed by atoms with Crippen molar-refractivity contribution >= 4 is 15.9 Å². The van der Waals surface area contributed by atoms with Gasteiger partial charge < -0.3 is 19.3 Å². The number of aliphatic hydroxyl groups excluding tert-OH is 1. The predicted octanol–water partition coefficient (Wildman–Crippen LogP) is 3.70. The van der Waals surface area contributed by atoms with Crippen molar-refractivity contribution < 1.29 is 19.3 Å². The summed E-state index contributed by atoms with van der Waals surface area (Å²) >= 11 is 3.53. The topological polar surface area (TPSA) is 47.9 Å². The van der Waals surface area contributed by atoms with Gasteiger partial charge in [0.2, 0.25) is 0 Å². The molecule has 2 rings (SSSR count). The van der Waals surface area contributed by atoms with Gasteiger partial charge in [0.05, 0.1) is 25.4 Å². The second-order valence-electron chi connectivity index (χ2n) is 5.16. The first-order valence-corrected chi connectivity index (χ1v) is 8.26. The minimum atomic E-state index is -0.577. The van der Waals surface area contributed by atoms with Crippen LogP contribution in [0.1, 0.15) is 38.9 Å². The van der Waals surface area contributed by atoms with Gasteiger partial charge in [-0.15, -0.1) is 0 Å². The number of hydrogen-bond acceptors (Lipinski definition) is 4. The normalized spacial score (nSPS) is 23.1. The van der Waals surface area contributed by atoms with Gasteiger partial charge >= 0.3 is 0 Å². The molecule has 1 heterocycles. The zero-order valence-electron chi connectivity index (χ0n) is 12.8. The summed E-state index contributed by atoms with van der Waals surface area (Å²) in [5, 5.41) is 10.7. The van der Waals surface area contributed by atoms with E-state index in [4.69, 9.17) is 14.2 Å². The Hall–Kier alpha value is -0.780. The Morgan fingerprint density at radius 1 is 1.29 bits per heavy atom. The molecule has 0 bridgehead atoms. The van der Waals surface area contributed by atoms with E-state index in [1.54, 1.807) is 0 Å². The molecule has 3 atom stereocenters. The Labute approximate surface area is 134 Å². The van der Waals surface area contributed by atoms with Crippen molar-refractivity contribution in [3.05, 3.63) is 22.2 Å². The molecule has 1 aliphatic rings. The molecule has 1 aromatic carbocycles. The van der Waals surface area contributed by atoms with Crippen LogP contribution in [0.3, 0.4) is 0 Å². The molecule has 0 amide bonds. The van der Waals surface area contributed by atoms with Crippen LogP contribution in [0.25, 0.3) is 0 Å². The number of aliphatic hydroxyl groups is 1. The standard InChI is InChI=1S/C16H23BrO4/c1-4-19-14-8-12(13(17)9-15(14)20-5-2)16(18)11-6-7-21-10(11)3/h8-11,16,18H,4-7H2,1-3H3. The van der Waals surface area contributed by atoms with Crippen LogP contribution in [0, 0.1) is 5.92 Å². The molecule has 21 heavy (non-hydrogen) atoms. The Balaban J connectivity index is 2.31. The number of hydrogen-bond donors (Lipinski definition) is 1. The molecule has 1 aliphatic heterocycles. The molecule has 0 spiro atoms. The van der Waals surface area contributed by atoms with Crippen LogP contribution in [0.5, 0.6) is 11.5 Å². The third kappa shape index (κ3) is 3.71. The molecule has 0 aliphatic carbocycles. The van der Waals surface area contributed by atoms with Gasteiger partial charge in [-0.3, -0.25) is 0 Å². The highest BCUT2D eigenvalue weighted by Crippen LogP contribution is 2.41. The summed E-state index contributed by atoms with van der Waals surface area (Å²) in [4.78, 5) is 0. The fourth-order valence-corrected chi connectivity index (χ4v) is 3.26. The first kappa shape index (κ1) is 16.6. The molecule has 0 saturated carbocycles. The van der Waals surface area contributed by atoms with Crippen LogP contribution >= 0.6 is 15.9 Å². The van der Waals surface area contributed by atoms with Gasteiger partial charge in [0.25, 0.3) is 0 Å². The lowest BCUT2D eigenvalue weighted by atomic mass is 9.90. The minimum absolute atomic E-state index is 0.0639. The number of rotatable bonds is 6. The Morgan fingerprint density at radius 2 is 1.90 bits per heavy atom. The van der Waals surface area contributed by atoms with E-state index >= 15 is 0 Å². The number of benzene rings is 1. The highest BCUT2D eigenvalue weighted by molar-refractivity contribution is 9.10. The van der Waals surface area contributed by atoms with E-state index in [0.29, 0.717) is 31.3 Å². The van der Waals surface area contributed by atoms with Crippen molar-refractivity contribution in [2.75, 3.05) is 19.8 Å². The summed E-state index contributed by atoms with van der Waals surface area (Å²) in [5.41, 5.74) is 0.823. The quantitative estimate of drug-likeness (QED) is 0.841. The first-order valence-electron chi connectivity index (χ1n) is 7.47. The SMILES string of the molecule is CCOc1cc(Br)c(C(O)C2CCOC2C)cc1OCC. The van der Waals surface area contributed by atoms with Gasteiger partial charge in [-0.2, -0.15) is 0 Å². The lowest BCUT2D eigenvalue weighted by Crippen LogP contribution is -2.20. The maximum atomic E-state index is 10.7. The average molecular weight is 359 g/mol. The minimum Gasteiger partial charge on any atom is -0.490 e. The summed E-state index contributed by atoms with van der Waals surface area (Å²) < 4.78 is 17.6. The van der Waals surface area contributed by atoms with Crippen molar-refractivity contribution in [1.29, 1.82) is 0 Å². The summed E-state index contributed by atoms with van der Waals surface area (Å²) in [7, 11) is 0. The molecule has 0 aromatic heterocycles. The molecular formula is C16H23BrO4. The first-order chi connectivity index (χ1) is 10.1. The second kappa shape index (κ2) is 7.47. The fraction of sp³-hybridized carbons (Fsp3) is 0.625. The van der Waals surface area contributed by atoms with Gasteiger partial charge in [0.1, 0.15) is 0 Å². The highest BCUT2D eigenvalue weighted by atomic mass is 79.9. The predicted molar refractivity (Wildman–Crippen MR) is 85.0 cm³/mol. The zero-order valence-corrected chi connectivity index (χ0v) is 14.4. The summed E-state index contributed by atoms with van der Waals surface area (Å²) in [6.07, 6.45) is 0.354. The Bertz CT molecular complexity index is 478. The zero-order chi connectivity index (χ0) is 15.4. The van der Waals surface area contributed by atoms with E-state index in [1.807, 2.05) is 32.9 Å². The Morgan fingerprint density at radius 3 is 2.43 bits per heavy atom. The summed E-state index contributed by atoms with van der Waals surface area (Å²) in [6.45, 7) is 7.70. The Kier molecular flexibility index (Phi) is 5.90. The van der Waals surface area contributed by atoms with E-state index in [9.17, 15) is 5.11 Å². The highest BCUT2D eigenvalue weighted by Gasteiger charge is 2.33. The smallest absolute Gasteiger partial charge is 0.162 e. The molecule has 1 N–H and O–H groups in total. The van der Waals surface area contributed by atoms with Crippen LogP contribution in [-0.4, -0.2) is 31.0 Å². The molecule has 118 valence electrons. The molecule has 1 fully saturated rings. The lowest BCUT2D eigenvalue weighted by molar-refractivity contribution is 0.0426. The molecule has 4 nitrogen and oxygen atoms in total. The van der Waals surface area contributed by atoms with Crippen molar-refractivity contribution in [3.63, 3.8) is 0 Å². The van der Waals surface area contributed by atoms with Gasteiger partial charge in [0, 0.05) is 17.0 Å². The third-order valence-electron chi connectivity index (χ3n) is 3.82. The lowest BCUT2D eigenvalue weighted by Gasteiger charge is -2.23. The number of ether oxygens (including phenoxy) is 3. The molecular weight excluding hydrogens is 336 g/mol. The average Bonchev–Trinajstić information content (AvgIpc) is 2.87. The molecule has 1 aromatic rings. The second-order valence-corrected chi connectivity index (χ2v) is 6.01. The van der Waals surface area contributed by atoms with Crippen LogP contribution in [0.15, 0.2) is 16.6 Å². The van der Waals surface area contributed by atoms with Crippen molar-refractivity contribution in [3.8, 4) is 11.5 Å². The van der Waals surface area contributed by atoms with Crippen LogP contribution < -0.4 is 9.47 Å². The maximum absolute atomic E-state index is 10.7.